The molecule has 0 amide bonds. The third-order valence-corrected chi connectivity index (χ3v) is 11.2. The first-order valence-corrected chi connectivity index (χ1v) is 18.0. The van der Waals surface area contributed by atoms with E-state index in [0.29, 0.717) is 0 Å². The van der Waals surface area contributed by atoms with E-state index in [1.807, 2.05) is 47.6 Å². The Morgan fingerprint density at radius 3 is 2.18 bits per heavy atom. The number of aryl methyl sites for hydroxylation is 2. The van der Waals surface area contributed by atoms with Crippen LogP contribution in [-0.4, -0.2) is 20.9 Å². The van der Waals surface area contributed by atoms with Crippen LogP contribution in [-0.2, 0) is 37.7 Å². The largest absolute Gasteiger partial charge is 0.512 e. The molecule has 6 heteroatoms. The minimum absolute atomic E-state index is 0. The molecule has 2 aromatic heterocycles. The third kappa shape index (κ3) is 7.36. The van der Waals surface area contributed by atoms with Crippen LogP contribution >= 0.6 is 0 Å². The van der Waals surface area contributed by atoms with Crippen molar-refractivity contribution < 1.29 is 34.4 Å². The number of fused-ring (bicyclic) bond motifs is 6. The Hall–Kier alpha value is -4.38. The predicted molar refractivity (Wildman–Crippen MR) is 205 cm³/mol. The second-order valence-electron chi connectivity index (χ2n) is 13.9. The number of hydrogen-bond acceptors (Lipinski definition) is 5. The topological polar surface area (TPSA) is 76.2 Å². The van der Waals surface area contributed by atoms with Gasteiger partial charge in [0, 0.05) is 49.0 Å². The fourth-order valence-electron chi connectivity index (χ4n) is 6.73. The summed E-state index contributed by atoms with van der Waals surface area (Å²) in [6, 6.07) is 33.2. The molecule has 1 N–H and O–H groups in total. The summed E-state index contributed by atoms with van der Waals surface area (Å²) < 4.78 is 6.45. The SMILES string of the molecule is CCC(C)(CC)C(=O)/C=C(\O)C(C)(CC)CC.[Ir].[c-]1c(-c2ncnc3c4c(oc23)CCc2ccccc2-4)cc(-c2ccccc2)c2ccccc12. The quantitative estimate of drug-likeness (QED) is 0.0890. The van der Waals surface area contributed by atoms with E-state index in [0.717, 1.165) is 83.2 Å². The maximum absolute atomic E-state index is 12.2. The minimum atomic E-state index is -0.337. The van der Waals surface area contributed by atoms with Crippen LogP contribution in [0.4, 0.5) is 0 Å². The number of nitrogens with zero attached hydrogens (tertiary/aromatic N) is 2. The van der Waals surface area contributed by atoms with Crippen LogP contribution in [0.2, 0.25) is 0 Å². The first-order valence-electron chi connectivity index (χ1n) is 18.0. The standard InChI is InChI=1S/C30H19N2O.C15H28O2.Ir/c1-2-8-19(9-3-1)25-17-22(16-21-11-5-6-12-23(21)25)28-30-29(32-18-31-28)27-24-13-7-4-10-20(24)14-15-26(27)33-30;1-7-14(5,8-2)12(16)11-13(17)15(6,9-3)10-4;/h1-13,17-18H,14-15H2;11,16H,7-10H2,1-6H3;/q-1;;/b;12-11-;. The van der Waals surface area contributed by atoms with E-state index >= 15 is 0 Å². The average molecular weight is 856 g/mol. The number of aliphatic hydroxyl groups is 1. The van der Waals surface area contributed by atoms with Crippen LogP contribution in [0.25, 0.3) is 55.4 Å². The molecule has 1 aliphatic rings. The van der Waals surface area contributed by atoms with Gasteiger partial charge >= 0.3 is 0 Å². The maximum Gasteiger partial charge on any atom is 0.164 e. The van der Waals surface area contributed by atoms with E-state index in [2.05, 4.69) is 94.9 Å². The van der Waals surface area contributed by atoms with Gasteiger partial charge in [0.15, 0.2) is 5.78 Å². The molecule has 0 spiro atoms. The molecule has 0 bridgehead atoms. The number of rotatable bonds is 9. The number of benzene rings is 4. The molecule has 0 saturated carbocycles. The monoisotopic (exact) mass is 856 g/mol. The van der Waals surface area contributed by atoms with Crippen molar-refractivity contribution in [3.05, 3.63) is 120 Å². The van der Waals surface area contributed by atoms with Gasteiger partial charge in [-0.1, -0.05) is 131 Å². The zero-order valence-electron chi connectivity index (χ0n) is 30.5. The van der Waals surface area contributed by atoms with Crippen LogP contribution in [0.3, 0.4) is 0 Å². The summed E-state index contributed by atoms with van der Waals surface area (Å²) in [5, 5.41) is 12.4. The molecule has 1 radical (unpaired) electrons. The summed E-state index contributed by atoms with van der Waals surface area (Å²) in [6.07, 6.45) is 8.26. The van der Waals surface area contributed by atoms with Crippen LogP contribution in [0.1, 0.15) is 78.5 Å². The van der Waals surface area contributed by atoms with Gasteiger partial charge in [0.1, 0.15) is 28.9 Å². The smallest absolute Gasteiger partial charge is 0.164 e. The van der Waals surface area contributed by atoms with Gasteiger partial charge < -0.3 is 9.52 Å². The molecule has 1 aliphatic carbocycles. The Kier molecular flexibility index (Phi) is 11.8. The Bertz CT molecular complexity index is 2180. The Morgan fingerprint density at radius 1 is 0.824 bits per heavy atom. The van der Waals surface area contributed by atoms with E-state index in [1.165, 1.54) is 28.2 Å². The van der Waals surface area contributed by atoms with Crippen molar-refractivity contribution in [1.29, 1.82) is 0 Å². The summed E-state index contributed by atoms with van der Waals surface area (Å²) in [5.74, 6) is 1.28. The fourth-order valence-corrected chi connectivity index (χ4v) is 6.73. The normalized spacial score (nSPS) is 12.8. The molecule has 0 atom stereocenters. The molecule has 0 saturated heterocycles. The van der Waals surface area contributed by atoms with E-state index < -0.39 is 0 Å². The molecule has 6 aromatic rings. The zero-order chi connectivity index (χ0) is 35.5. The average Bonchev–Trinajstić information content (AvgIpc) is 3.57. The molecule has 0 fully saturated rings. The number of aromatic nitrogens is 2. The molecule has 51 heavy (non-hydrogen) atoms. The fraction of sp³-hybridized carbons (Fsp3) is 0.311. The van der Waals surface area contributed by atoms with Gasteiger partial charge in [0.05, 0.1) is 5.69 Å². The van der Waals surface area contributed by atoms with Crippen molar-refractivity contribution in [2.24, 2.45) is 10.8 Å². The van der Waals surface area contributed by atoms with Gasteiger partial charge in [0.2, 0.25) is 0 Å². The summed E-state index contributed by atoms with van der Waals surface area (Å²) in [6.45, 7) is 12.1. The number of aliphatic hydroxyl groups excluding tert-OH is 1. The Labute approximate surface area is 315 Å². The van der Waals surface area contributed by atoms with Crippen molar-refractivity contribution in [3.8, 4) is 33.5 Å². The van der Waals surface area contributed by atoms with Crippen LogP contribution in [0, 0.1) is 16.9 Å². The Balaban J connectivity index is 0.000000242. The van der Waals surface area contributed by atoms with Crippen molar-refractivity contribution in [2.45, 2.75) is 80.1 Å². The van der Waals surface area contributed by atoms with Crippen molar-refractivity contribution >= 4 is 27.7 Å². The predicted octanol–water partition coefficient (Wildman–Crippen LogP) is 11.9. The summed E-state index contributed by atoms with van der Waals surface area (Å²) in [4.78, 5) is 21.5. The third-order valence-electron chi connectivity index (χ3n) is 11.2. The summed E-state index contributed by atoms with van der Waals surface area (Å²) in [7, 11) is 0. The van der Waals surface area contributed by atoms with E-state index in [4.69, 9.17) is 4.42 Å². The van der Waals surface area contributed by atoms with Gasteiger partial charge in [-0.05, 0) is 48.8 Å². The van der Waals surface area contributed by atoms with Crippen molar-refractivity contribution in [3.63, 3.8) is 0 Å². The number of carbonyl (C=O) groups is 1. The van der Waals surface area contributed by atoms with E-state index in [9.17, 15) is 9.90 Å². The first-order chi connectivity index (χ1) is 24.2. The molecular formula is C45H47IrN2O3-. The van der Waals surface area contributed by atoms with Gasteiger partial charge in [-0.15, -0.1) is 23.6 Å². The van der Waals surface area contributed by atoms with Gasteiger partial charge in [-0.25, -0.2) is 4.98 Å². The van der Waals surface area contributed by atoms with Gasteiger partial charge in [0.25, 0.3) is 0 Å². The van der Waals surface area contributed by atoms with Crippen LogP contribution in [0.15, 0.2) is 108 Å². The van der Waals surface area contributed by atoms with E-state index in [1.54, 1.807) is 6.33 Å². The molecule has 5 nitrogen and oxygen atoms in total. The molecule has 2 heterocycles. The zero-order valence-corrected chi connectivity index (χ0v) is 32.9. The number of allylic oxidation sites excluding steroid dienone is 2. The van der Waals surface area contributed by atoms with Crippen LogP contribution < -0.4 is 0 Å². The molecule has 265 valence electrons. The molecule has 7 rings (SSSR count). The molecular weight excluding hydrogens is 809 g/mol. The summed E-state index contributed by atoms with van der Waals surface area (Å²) >= 11 is 0. The van der Waals surface area contributed by atoms with Gasteiger partial charge in [-0.3, -0.25) is 9.78 Å². The minimum Gasteiger partial charge on any atom is -0.512 e. The second-order valence-corrected chi connectivity index (χ2v) is 13.9. The maximum atomic E-state index is 12.2. The molecule has 0 aliphatic heterocycles. The molecule has 0 unspecified atom stereocenters. The number of furan rings is 1. The second kappa shape index (κ2) is 15.9. The Morgan fingerprint density at radius 2 is 1.47 bits per heavy atom. The van der Waals surface area contributed by atoms with Crippen molar-refractivity contribution in [2.75, 3.05) is 0 Å². The summed E-state index contributed by atoms with van der Waals surface area (Å²) in [5.41, 5.74) is 8.72. The molecule has 4 aromatic carbocycles. The number of carbonyl (C=O) groups excluding carboxylic acids is 1. The first kappa shape index (κ1) is 37.9. The number of ketones is 1. The number of hydrogen-bond donors (Lipinski definition) is 1. The van der Waals surface area contributed by atoms with E-state index in [-0.39, 0.29) is 42.5 Å². The van der Waals surface area contributed by atoms with Crippen molar-refractivity contribution in [1.82, 2.24) is 9.97 Å². The van der Waals surface area contributed by atoms with Gasteiger partial charge in [-0.2, -0.15) is 0 Å². The van der Waals surface area contributed by atoms with Crippen LogP contribution in [0.5, 0.6) is 0 Å².